The Bertz CT molecular complexity index is 2250. The van der Waals surface area contributed by atoms with E-state index in [2.05, 4.69) is 170 Å². The summed E-state index contributed by atoms with van der Waals surface area (Å²) in [5.41, 5.74) is 15.4. The first-order chi connectivity index (χ1) is 23.1. The monoisotopic (exact) mass is 635 g/mol. The van der Waals surface area contributed by atoms with Crippen molar-refractivity contribution in [3.05, 3.63) is 141 Å². The number of nitriles is 2. The average Bonchev–Trinajstić information content (AvgIpc) is 3.34. The number of fused-ring (bicyclic) bond motifs is 7. The van der Waals surface area contributed by atoms with Crippen molar-refractivity contribution >= 4 is 29.1 Å². The molecule has 5 aromatic carbocycles. The van der Waals surface area contributed by atoms with Crippen molar-refractivity contribution in [1.82, 2.24) is 0 Å². The molecular weight excluding hydrogens is 593 g/mol. The fourth-order valence-corrected chi connectivity index (χ4v) is 9.08. The fraction of sp³-hybridized carbons (Fsp3) is 0.289. The highest BCUT2D eigenvalue weighted by molar-refractivity contribution is 6.90. The minimum atomic E-state index is -0.474. The van der Waals surface area contributed by atoms with E-state index in [0.29, 0.717) is 11.1 Å². The molecule has 49 heavy (non-hydrogen) atoms. The van der Waals surface area contributed by atoms with Crippen LogP contribution in [0.3, 0.4) is 0 Å². The summed E-state index contributed by atoms with van der Waals surface area (Å²) in [6.07, 6.45) is 0. The second-order valence-electron chi connectivity index (χ2n) is 17.0. The van der Waals surface area contributed by atoms with Crippen LogP contribution < -0.4 is 15.7 Å². The fourth-order valence-electron chi connectivity index (χ4n) is 9.08. The molecule has 0 saturated carbocycles. The van der Waals surface area contributed by atoms with E-state index in [-0.39, 0.29) is 23.1 Å². The molecule has 0 saturated heterocycles. The van der Waals surface area contributed by atoms with Gasteiger partial charge in [-0.2, -0.15) is 10.5 Å². The van der Waals surface area contributed by atoms with Crippen LogP contribution in [0.25, 0.3) is 11.1 Å². The van der Waals surface area contributed by atoms with E-state index in [1.54, 1.807) is 0 Å². The molecule has 4 heteroatoms. The van der Waals surface area contributed by atoms with Gasteiger partial charge in [-0.05, 0) is 90.9 Å². The summed E-state index contributed by atoms with van der Waals surface area (Å²) in [6, 6.07) is 38.6. The van der Waals surface area contributed by atoms with Gasteiger partial charge in [-0.25, -0.2) is 0 Å². The zero-order chi connectivity index (χ0) is 34.8. The number of anilines is 2. The van der Waals surface area contributed by atoms with Gasteiger partial charge >= 0.3 is 6.85 Å². The Balaban J connectivity index is 1.55. The number of hydrogen-bond acceptors (Lipinski definition) is 3. The van der Waals surface area contributed by atoms with Gasteiger partial charge in [0.1, 0.15) is 12.1 Å². The van der Waals surface area contributed by atoms with Gasteiger partial charge in [0.25, 0.3) is 0 Å². The van der Waals surface area contributed by atoms with Crippen LogP contribution in [0.4, 0.5) is 11.4 Å². The lowest BCUT2D eigenvalue weighted by molar-refractivity contribution is 0.573. The van der Waals surface area contributed by atoms with E-state index in [0.717, 1.165) is 33.6 Å². The Morgan fingerprint density at radius 2 is 1.06 bits per heavy atom. The molecule has 1 unspecified atom stereocenters. The molecule has 0 amide bonds. The minimum Gasteiger partial charge on any atom is -0.374 e. The number of rotatable bonds is 1. The van der Waals surface area contributed by atoms with Crippen LogP contribution >= 0.6 is 0 Å². The molecule has 1 atom stereocenters. The van der Waals surface area contributed by atoms with Gasteiger partial charge in [0, 0.05) is 10.8 Å². The third-order valence-electron chi connectivity index (χ3n) is 11.7. The first kappa shape index (κ1) is 31.2. The normalized spacial score (nSPS) is 18.0. The van der Waals surface area contributed by atoms with Crippen LogP contribution in [-0.4, -0.2) is 6.85 Å². The van der Waals surface area contributed by atoms with Crippen LogP contribution in [0.5, 0.6) is 0 Å². The average molecular weight is 636 g/mol. The van der Waals surface area contributed by atoms with E-state index in [9.17, 15) is 10.5 Å². The van der Waals surface area contributed by atoms with Crippen molar-refractivity contribution < 1.29 is 0 Å². The molecule has 2 heterocycles. The maximum Gasteiger partial charge on any atom is 0.328 e. The smallest absolute Gasteiger partial charge is 0.328 e. The van der Waals surface area contributed by atoms with E-state index in [4.69, 9.17) is 0 Å². The zero-order valence-corrected chi connectivity index (χ0v) is 30.1. The largest absolute Gasteiger partial charge is 0.374 e. The molecule has 2 aliphatic heterocycles. The standard InChI is InChI=1S/C45H42BN3/c1-42(2,3)29-21-27(25-47)40-35(23-29)44(7,8)36-24-30(43(4,5)6)22-28(26-48)41(36)49(40)46-37-19-13-12-18-34(37)45(9)33-17-11-10-15-31(33)32-16-14-20-38(46)39(32)45/h10-24H,1-9H3. The molecule has 0 spiro atoms. The zero-order valence-electron chi connectivity index (χ0n) is 30.1. The Morgan fingerprint density at radius 3 is 1.61 bits per heavy atom. The van der Waals surface area contributed by atoms with Crippen LogP contribution in [-0.2, 0) is 21.7 Å². The molecule has 8 rings (SSSR count). The lowest BCUT2D eigenvalue weighted by Crippen LogP contribution is -2.63. The summed E-state index contributed by atoms with van der Waals surface area (Å²) >= 11 is 0. The van der Waals surface area contributed by atoms with Gasteiger partial charge in [-0.15, -0.1) is 0 Å². The summed E-state index contributed by atoms with van der Waals surface area (Å²) in [4.78, 5) is 2.39. The van der Waals surface area contributed by atoms with E-state index < -0.39 is 5.41 Å². The van der Waals surface area contributed by atoms with E-state index in [1.165, 1.54) is 38.7 Å². The topological polar surface area (TPSA) is 50.8 Å². The SMILES string of the molecule is CC(C)(C)c1cc(C#N)c2c(c1)C(C)(C)c1cc(C(C)(C)C)cc(C#N)c1N2B1c2ccccc2C2(C)c3ccccc3-c3cccc1c32. The van der Waals surface area contributed by atoms with E-state index >= 15 is 0 Å². The number of hydrogen-bond donors (Lipinski definition) is 0. The van der Waals surface area contributed by atoms with Crippen molar-refractivity contribution in [3.63, 3.8) is 0 Å². The summed E-state index contributed by atoms with van der Waals surface area (Å²) in [7, 11) is 0. The molecule has 240 valence electrons. The Labute approximate surface area is 292 Å². The summed E-state index contributed by atoms with van der Waals surface area (Å²) in [6.45, 7) is 19.9. The quantitative estimate of drug-likeness (QED) is 0.173. The first-order valence-electron chi connectivity index (χ1n) is 17.4. The van der Waals surface area contributed by atoms with Gasteiger partial charge in [-0.3, -0.25) is 0 Å². The molecule has 0 N–H and O–H groups in total. The third-order valence-corrected chi connectivity index (χ3v) is 11.7. The Kier molecular flexibility index (Phi) is 6.37. The van der Waals surface area contributed by atoms with Gasteiger partial charge in [0.05, 0.1) is 22.5 Å². The first-order valence-corrected chi connectivity index (χ1v) is 17.4. The van der Waals surface area contributed by atoms with Gasteiger partial charge in [0.2, 0.25) is 0 Å². The predicted octanol–water partition coefficient (Wildman–Crippen LogP) is 9.26. The van der Waals surface area contributed by atoms with Crippen molar-refractivity contribution in [1.29, 1.82) is 10.5 Å². The molecule has 5 aromatic rings. The molecule has 0 radical (unpaired) electrons. The highest BCUT2D eigenvalue weighted by atomic mass is 15.1. The molecule has 1 aliphatic carbocycles. The number of nitrogens with zero attached hydrogens (tertiary/aromatic N) is 3. The Morgan fingerprint density at radius 1 is 0.571 bits per heavy atom. The van der Waals surface area contributed by atoms with Crippen LogP contribution in [0.1, 0.15) is 112 Å². The van der Waals surface area contributed by atoms with Crippen LogP contribution in [0.15, 0.2) is 91.0 Å². The van der Waals surface area contributed by atoms with Crippen molar-refractivity contribution in [2.75, 3.05) is 4.81 Å². The van der Waals surface area contributed by atoms with Crippen LogP contribution in [0, 0.1) is 22.7 Å². The highest BCUT2D eigenvalue weighted by Gasteiger charge is 2.53. The Hall–Kier alpha value is -5.06. The molecule has 0 fully saturated rings. The lowest BCUT2D eigenvalue weighted by Gasteiger charge is -2.49. The molecule has 3 aliphatic rings. The van der Waals surface area contributed by atoms with E-state index in [1.807, 2.05) is 0 Å². The molecule has 0 aromatic heterocycles. The highest BCUT2D eigenvalue weighted by Crippen LogP contribution is 2.57. The molecule has 0 bridgehead atoms. The van der Waals surface area contributed by atoms with Crippen molar-refractivity contribution in [2.45, 2.75) is 84.0 Å². The summed E-state index contributed by atoms with van der Waals surface area (Å²) in [5, 5.41) is 22.0. The number of benzene rings is 5. The molecular formula is C45H42BN3. The summed E-state index contributed by atoms with van der Waals surface area (Å²) < 4.78 is 0. The summed E-state index contributed by atoms with van der Waals surface area (Å²) in [5.74, 6) is 0. The van der Waals surface area contributed by atoms with Gasteiger partial charge in [0.15, 0.2) is 0 Å². The van der Waals surface area contributed by atoms with Crippen LogP contribution in [0.2, 0.25) is 0 Å². The maximum absolute atomic E-state index is 11.0. The third kappa shape index (κ3) is 4.07. The van der Waals surface area contributed by atoms with Gasteiger partial charge in [-0.1, -0.05) is 134 Å². The predicted molar refractivity (Wildman–Crippen MR) is 203 cm³/mol. The van der Waals surface area contributed by atoms with Crippen molar-refractivity contribution in [3.8, 4) is 23.3 Å². The maximum atomic E-state index is 11.0. The molecule has 3 nitrogen and oxygen atoms in total. The second kappa shape index (κ2) is 9.99. The van der Waals surface area contributed by atoms with Crippen molar-refractivity contribution in [2.24, 2.45) is 0 Å². The minimum absolute atomic E-state index is 0.155. The van der Waals surface area contributed by atoms with Gasteiger partial charge < -0.3 is 4.81 Å². The second-order valence-corrected chi connectivity index (χ2v) is 17.0. The lowest BCUT2D eigenvalue weighted by atomic mass is 9.39.